The summed E-state index contributed by atoms with van der Waals surface area (Å²) in [7, 11) is 0. The number of rotatable bonds is 8. The SMILES string of the molecule is CCN(CC(=O)Nc1c(F)cccc1F)C(=O)CNC(=O)c1cc(-c2ccccc2)on1. The van der Waals surface area contributed by atoms with Gasteiger partial charge in [0, 0.05) is 18.2 Å². The van der Waals surface area contributed by atoms with E-state index < -0.39 is 48.1 Å². The summed E-state index contributed by atoms with van der Waals surface area (Å²) in [6.07, 6.45) is 0. The summed E-state index contributed by atoms with van der Waals surface area (Å²) in [5.74, 6) is -3.42. The van der Waals surface area contributed by atoms with Gasteiger partial charge in [0.05, 0.1) is 13.1 Å². The Morgan fingerprint density at radius 1 is 1.03 bits per heavy atom. The maximum Gasteiger partial charge on any atom is 0.273 e. The molecule has 0 spiro atoms. The summed E-state index contributed by atoms with van der Waals surface area (Å²) < 4.78 is 32.5. The molecule has 0 radical (unpaired) electrons. The van der Waals surface area contributed by atoms with Gasteiger partial charge in [0.25, 0.3) is 5.91 Å². The first kappa shape index (κ1) is 22.6. The molecule has 0 fully saturated rings. The number of para-hydroxylation sites is 1. The van der Waals surface area contributed by atoms with Crippen LogP contribution in [0.2, 0.25) is 0 Å². The van der Waals surface area contributed by atoms with Crippen LogP contribution in [-0.2, 0) is 9.59 Å². The predicted molar refractivity (Wildman–Crippen MR) is 112 cm³/mol. The summed E-state index contributed by atoms with van der Waals surface area (Å²) >= 11 is 0. The van der Waals surface area contributed by atoms with Crippen molar-refractivity contribution in [3.63, 3.8) is 0 Å². The van der Waals surface area contributed by atoms with Gasteiger partial charge in [-0.05, 0) is 19.1 Å². The van der Waals surface area contributed by atoms with E-state index in [2.05, 4.69) is 15.8 Å². The summed E-state index contributed by atoms with van der Waals surface area (Å²) in [6.45, 7) is 0.924. The third kappa shape index (κ3) is 5.54. The Labute approximate surface area is 182 Å². The molecular weight excluding hydrogens is 422 g/mol. The summed E-state index contributed by atoms with van der Waals surface area (Å²) in [4.78, 5) is 37.9. The number of aromatic nitrogens is 1. The molecule has 10 heteroatoms. The van der Waals surface area contributed by atoms with E-state index in [1.165, 1.54) is 12.1 Å². The van der Waals surface area contributed by atoms with E-state index in [4.69, 9.17) is 4.52 Å². The molecule has 0 aliphatic rings. The summed E-state index contributed by atoms with van der Waals surface area (Å²) in [5.41, 5.74) is 0.145. The molecule has 0 unspecified atom stereocenters. The van der Waals surface area contributed by atoms with Crippen LogP contribution in [0.3, 0.4) is 0 Å². The van der Waals surface area contributed by atoms with Gasteiger partial charge in [-0.25, -0.2) is 8.78 Å². The highest BCUT2D eigenvalue weighted by atomic mass is 19.1. The topological polar surface area (TPSA) is 105 Å². The predicted octanol–water partition coefficient (Wildman–Crippen LogP) is 2.84. The van der Waals surface area contributed by atoms with Gasteiger partial charge in [-0.1, -0.05) is 41.6 Å². The Morgan fingerprint density at radius 2 is 1.72 bits per heavy atom. The summed E-state index contributed by atoms with van der Waals surface area (Å²) in [5, 5.41) is 8.23. The average molecular weight is 442 g/mol. The lowest BCUT2D eigenvalue weighted by Crippen LogP contribution is -2.43. The number of hydrogen-bond donors (Lipinski definition) is 2. The number of amides is 3. The van der Waals surface area contributed by atoms with Gasteiger partial charge in [-0.3, -0.25) is 14.4 Å². The number of nitrogens with zero attached hydrogens (tertiary/aromatic N) is 2. The Morgan fingerprint density at radius 3 is 2.38 bits per heavy atom. The molecule has 3 aromatic rings. The van der Waals surface area contributed by atoms with Crippen molar-refractivity contribution in [3.8, 4) is 11.3 Å². The zero-order chi connectivity index (χ0) is 23.1. The molecular formula is C22H20F2N4O4. The van der Waals surface area contributed by atoms with Crippen molar-refractivity contribution in [2.75, 3.05) is 25.0 Å². The van der Waals surface area contributed by atoms with Crippen molar-refractivity contribution < 1.29 is 27.7 Å². The number of hydrogen-bond acceptors (Lipinski definition) is 5. The van der Waals surface area contributed by atoms with Crippen LogP contribution in [0.1, 0.15) is 17.4 Å². The third-order valence-electron chi connectivity index (χ3n) is 4.50. The molecule has 0 bridgehead atoms. The van der Waals surface area contributed by atoms with Gasteiger partial charge in [0.15, 0.2) is 11.5 Å². The second-order valence-corrected chi connectivity index (χ2v) is 6.68. The lowest BCUT2D eigenvalue weighted by atomic mass is 10.1. The van der Waals surface area contributed by atoms with Crippen molar-refractivity contribution >= 4 is 23.4 Å². The van der Waals surface area contributed by atoms with Crippen LogP contribution in [0.4, 0.5) is 14.5 Å². The zero-order valence-electron chi connectivity index (χ0n) is 17.1. The smallest absolute Gasteiger partial charge is 0.273 e. The van der Waals surface area contributed by atoms with Crippen molar-refractivity contribution in [2.45, 2.75) is 6.92 Å². The highest BCUT2D eigenvalue weighted by Gasteiger charge is 2.20. The van der Waals surface area contributed by atoms with E-state index in [-0.39, 0.29) is 12.2 Å². The lowest BCUT2D eigenvalue weighted by Gasteiger charge is -2.20. The quantitative estimate of drug-likeness (QED) is 0.558. The zero-order valence-corrected chi connectivity index (χ0v) is 17.1. The number of nitrogens with one attached hydrogen (secondary N) is 2. The van der Waals surface area contributed by atoms with Gasteiger partial charge >= 0.3 is 0 Å². The van der Waals surface area contributed by atoms with Gasteiger partial charge in [-0.2, -0.15) is 0 Å². The molecule has 0 aliphatic carbocycles. The van der Waals surface area contributed by atoms with E-state index in [0.29, 0.717) is 5.76 Å². The molecule has 0 saturated heterocycles. The molecule has 3 amide bonds. The minimum Gasteiger partial charge on any atom is -0.355 e. The van der Waals surface area contributed by atoms with Gasteiger partial charge in [0.2, 0.25) is 11.8 Å². The molecule has 166 valence electrons. The van der Waals surface area contributed by atoms with E-state index in [1.54, 1.807) is 19.1 Å². The fourth-order valence-corrected chi connectivity index (χ4v) is 2.82. The number of likely N-dealkylation sites (N-methyl/N-ethyl adjacent to an activating group) is 1. The number of anilines is 1. The Bertz CT molecular complexity index is 1100. The average Bonchev–Trinajstić information content (AvgIpc) is 3.29. The van der Waals surface area contributed by atoms with Crippen LogP contribution >= 0.6 is 0 Å². The van der Waals surface area contributed by atoms with Crippen LogP contribution < -0.4 is 10.6 Å². The fourth-order valence-electron chi connectivity index (χ4n) is 2.82. The molecule has 1 aromatic heterocycles. The molecule has 0 atom stereocenters. The first-order chi connectivity index (χ1) is 15.4. The normalized spacial score (nSPS) is 10.5. The van der Waals surface area contributed by atoms with E-state index in [1.807, 2.05) is 18.2 Å². The number of carbonyl (C=O) groups excluding carboxylic acids is 3. The number of carbonyl (C=O) groups is 3. The summed E-state index contributed by atoms with van der Waals surface area (Å²) in [6, 6.07) is 13.7. The highest BCUT2D eigenvalue weighted by molar-refractivity contribution is 5.97. The second kappa shape index (κ2) is 10.3. The van der Waals surface area contributed by atoms with Crippen LogP contribution in [0.5, 0.6) is 0 Å². The maximum absolute atomic E-state index is 13.7. The van der Waals surface area contributed by atoms with Crippen LogP contribution in [0, 0.1) is 11.6 Å². The molecule has 2 aromatic carbocycles. The standard InChI is InChI=1S/C22H20F2N4O4/c1-2-28(13-19(29)26-21-15(23)9-6-10-16(21)24)20(30)12-25-22(31)17-11-18(32-27-17)14-7-4-3-5-8-14/h3-11H,2,12-13H2,1H3,(H,25,31)(H,26,29). The highest BCUT2D eigenvalue weighted by Crippen LogP contribution is 2.20. The molecule has 32 heavy (non-hydrogen) atoms. The number of halogens is 2. The third-order valence-corrected chi connectivity index (χ3v) is 4.50. The van der Waals surface area contributed by atoms with Crippen molar-refractivity contribution in [1.82, 2.24) is 15.4 Å². The molecule has 8 nitrogen and oxygen atoms in total. The van der Waals surface area contributed by atoms with Crippen molar-refractivity contribution in [1.29, 1.82) is 0 Å². The molecule has 0 saturated carbocycles. The van der Waals surface area contributed by atoms with Crippen LogP contribution in [0.15, 0.2) is 59.1 Å². The van der Waals surface area contributed by atoms with Crippen LogP contribution in [0.25, 0.3) is 11.3 Å². The Kier molecular flexibility index (Phi) is 7.27. The van der Waals surface area contributed by atoms with Crippen molar-refractivity contribution in [2.24, 2.45) is 0 Å². The van der Waals surface area contributed by atoms with Crippen LogP contribution in [-0.4, -0.2) is 47.4 Å². The van der Waals surface area contributed by atoms with Gasteiger partial charge in [-0.15, -0.1) is 0 Å². The molecule has 2 N–H and O–H groups in total. The van der Waals surface area contributed by atoms with Gasteiger partial charge in [0.1, 0.15) is 17.3 Å². The minimum absolute atomic E-state index is 0.00697. The molecule has 1 heterocycles. The van der Waals surface area contributed by atoms with E-state index in [9.17, 15) is 23.2 Å². The Hall–Kier alpha value is -4.08. The first-order valence-corrected chi connectivity index (χ1v) is 9.71. The largest absolute Gasteiger partial charge is 0.355 e. The first-order valence-electron chi connectivity index (χ1n) is 9.71. The maximum atomic E-state index is 13.7. The lowest BCUT2D eigenvalue weighted by molar-refractivity contribution is -0.133. The van der Waals surface area contributed by atoms with E-state index >= 15 is 0 Å². The molecule has 3 rings (SSSR count). The monoisotopic (exact) mass is 442 g/mol. The number of benzene rings is 2. The minimum atomic E-state index is -0.928. The molecule has 0 aliphatic heterocycles. The Balaban J connectivity index is 1.54. The van der Waals surface area contributed by atoms with Crippen molar-refractivity contribution in [3.05, 3.63) is 71.9 Å². The fraction of sp³-hybridized carbons (Fsp3) is 0.182. The second-order valence-electron chi connectivity index (χ2n) is 6.68. The van der Waals surface area contributed by atoms with E-state index in [0.717, 1.165) is 22.6 Å². The van der Waals surface area contributed by atoms with Gasteiger partial charge < -0.3 is 20.1 Å².